The Bertz CT molecular complexity index is 977. The highest BCUT2D eigenvalue weighted by Crippen LogP contribution is 2.33. The van der Waals surface area contributed by atoms with Crippen LogP contribution in [-0.2, 0) is 4.79 Å². The molecule has 1 aromatic carbocycles. The van der Waals surface area contributed by atoms with E-state index in [0.29, 0.717) is 16.3 Å². The molecule has 0 atom stereocenters. The van der Waals surface area contributed by atoms with Crippen LogP contribution in [0.15, 0.2) is 29.2 Å². The number of aromatic nitrogens is 1. The summed E-state index contributed by atoms with van der Waals surface area (Å²) in [6.45, 7) is 3.74. The number of imide groups is 1. The largest absolute Gasteiger partial charge is 0.494 e. The summed E-state index contributed by atoms with van der Waals surface area (Å²) in [5.41, 5.74) is 3.03. The first-order chi connectivity index (χ1) is 12.3. The summed E-state index contributed by atoms with van der Waals surface area (Å²) in [5, 5.41) is 12.8. The SMILES string of the molecule is COc1cc([N+](=O)[O-])ccc1-n1c(C)cc(/C=C2\SC(=O)NC2=O)c1C. The number of benzene rings is 1. The van der Waals surface area contributed by atoms with Gasteiger partial charge in [-0.15, -0.1) is 0 Å². The fourth-order valence-electron chi connectivity index (χ4n) is 2.83. The quantitative estimate of drug-likeness (QED) is 0.501. The molecule has 0 saturated carbocycles. The molecule has 1 fully saturated rings. The van der Waals surface area contributed by atoms with E-state index in [0.717, 1.165) is 28.7 Å². The first-order valence-corrected chi connectivity index (χ1v) is 8.40. The Morgan fingerprint density at radius 3 is 2.58 bits per heavy atom. The molecule has 1 aromatic heterocycles. The molecule has 0 unspecified atom stereocenters. The van der Waals surface area contributed by atoms with E-state index in [4.69, 9.17) is 4.74 Å². The smallest absolute Gasteiger partial charge is 0.290 e. The third kappa shape index (κ3) is 3.08. The third-order valence-corrected chi connectivity index (χ3v) is 4.82. The lowest BCUT2D eigenvalue weighted by atomic mass is 10.2. The van der Waals surface area contributed by atoms with Crippen LogP contribution < -0.4 is 10.1 Å². The average molecular weight is 373 g/mol. The Hall–Kier alpha value is -3.07. The van der Waals surface area contributed by atoms with Crippen molar-refractivity contribution in [1.82, 2.24) is 9.88 Å². The van der Waals surface area contributed by atoms with Crippen LogP contribution in [0.3, 0.4) is 0 Å². The van der Waals surface area contributed by atoms with Crippen LogP contribution in [0.5, 0.6) is 5.75 Å². The zero-order valence-corrected chi connectivity index (χ0v) is 15.0. The molecule has 3 rings (SSSR count). The number of aryl methyl sites for hydroxylation is 1. The number of nitrogens with zero attached hydrogens (tertiary/aromatic N) is 2. The lowest BCUT2D eigenvalue weighted by molar-refractivity contribution is -0.384. The van der Waals surface area contributed by atoms with E-state index >= 15 is 0 Å². The zero-order valence-electron chi connectivity index (χ0n) is 14.2. The average Bonchev–Trinajstić information content (AvgIpc) is 3.05. The van der Waals surface area contributed by atoms with Crippen molar-refractivity contribution >= 4 is 34.7 Å². The predicted octanol–water partition coefficient (Wildman–Crippen LogP) is 3.33. The summed E-state index contributed by atoms with van der Waals surface area (Å²) < 4.78 is 7.20. The summed E-state index contributed by atoms with van der Waals surface area (Å²) in [5.74, 6) is -0.0546. The van der Waals surface area contributed by atoms with E-state index in [1.165, 1.54) is 19.2 Å². The van der Waals surface area contributed by atoms with Gasteiger partial charge in [0.15, 0.2) is 0 Å². The zero-order chi connectivity index (χ0) is 19.0. The van der Waals surface area contributed by atoms with Gasteiger partial charge in [0.1, 0.15) is 5.75 Å². The number of nitro benzene ring substituents is 1. The van der Waals surface area contributed by atoms with E-state index in [-0.39, 0.29) is 5.69 Å². The van der Waals surface area contributed by atoms with Crippen molar-refractivity contribution < 1.29 is 19.2 Å². The molecule has 1 aliphatic heterocycles. The number of hydrogen-bond acceptors (Lipinski definition) is 6. The van der Waals surface area contributed by atoms with Gasteiger partial charge in [-0.1, -0.05) is 0 Å². The van der Waals surface area contributed by atoms with E-state index in [9.17, 15) is 19.7 Å². The molecule has 26 heavy (non-hydrogen) atoms. The van der Waals surface area contributed by atoms with Gasteiger partial charge in [-0.2, -0.15) is 0 Å². The van der Waals surface area contributed by atoms with Crippen LogP contribution in [0.1, 0.15) is 17.0 Å². The fourth-order valence-corrected chi connectivity index (χ4v) is 3.50. The first kappa shape index (κ1) is 17.7. The number of nitrogens with one attached hydrogen (secondary N) is 1. The highest BCUT2D eigenvalue weighted by Gasteiger charge is 2.26. The Balaban J connectivity index is 2.09. The minimum absolute atomic E-state index is 0.0621. The fraction of sp³-hybridized carbons (Fsp3) is 0.176. The lowest BCUT2D eigenvalue weighted by Crippen LogP contribution is -2.17. The monoisotopic (exact) mass is 373 g/mol. The molecule has 0 aliphatic carbocycles. The van der Waals surface area contributed by atoms with Crippen LogP contribution >= 0.6 is 11.8 Å². The number of nitro groups is 1. The second kappa shape index (κ2) is 6.68. The third-order valence-electron chi connectivity index (χ3n) is 4.01. The predicted molar refractivity (Wildman–Crippen MR) is 97.6 cm³/mol. The summed E-state index contributed by atoms with van der Waals surface area (Å²) in [7, 11) is 1.45. The molecule has 134 valence electrons. The van der Waals surface area contributed by atoms with Gasteiger partial charge in [-0.05, 0) is 49.4 Å². The molecular weight excluding hydrogens is 358 g/mol. The summed E-state index contributed by atoms with van der Waals surface area (Å²) >= 11 is 0.854. The van der Waals surface area contributed by atoms with Crippen molar-refractivity contribution in [2.75, 3.05) is 7.11 Å². The maximum atomic E-state index is 11.8. The molecule has 2 amide bonds. The molecule has 0 spiro atoms. The van der Waals surface area contributed by atoms with Gasteiger partial charge in [0, 0.05) is 17.5 Å². The number of non-ortho nitro benzene ring substituents is 1. The Morgan fingerprint density at radius 2 is 2.00 bits per heavy atom. The number of thioether (sulfide) groups is 1. The maximum Gasteiger partial charge on any atom is 0.290 e. The molecule has 9 heteroatoms. The van der Waals surface area contributed by atoms with Gasteiger partial charge in [-0.3, -0.25) is 25.0 Å². The molecule has 0 bridgehead atoms. The van der Waals surface area contributed by atoms with Crippen molar-refractivity contribution in [3.8, 4) is 11.4 Å². The molecule has 1 saturated heterocycles. The number of carbonyl (C=O) groups excluding carboxylic acids is 2. The van der Waals surface area contributed by atoms with Crippen LogP contribution in [0.4, 0.5) is 10.5 Å². The van der Waals surface area contributed by atoms with Gasteiger partial charge < -0.3 is 9.30 Å². The van der Waals surface area contributed by atoms with E-state index in [1.807, 2.05) is 24.5 Å². The van der Waals surface area contributed by atoms with Crippen molar-refractivity contribution in [3.05, 3.63) is 56.2 Å². The summed E-state index contributed by atoms with van der Waals surface area (Å²) in [6, 6.07) is 6.27. The first-order valence-electron chi connectivity index (χ1n) is 7.58. The highest BCUT2D eigenvalue weighted by molar-refractivity contribution is 8.18. The van der Waals surface area contributed by atoms with Crippen LogP contribution in [0, 0.1) is 24.0 Å². The van der Waals surface area contributed by atoms with Gasteiger partial charge in [0.05, 0.1) is 28.7 Å². The second-order valence-corrected chi connectivity index (χ2v) is 6.64. The number of methoxy groups -OCH3 is 1. The minimum Gasteiger partial charge on any atom is -0.494 e. The lowest BCUT2D eigenvalue weighted by Gasteiger charge is -2.13. The maximum absolute atomic E-state index is 11.8. The van der Waals surface area contributed by atoms with Gasteiger partial charge in [0.25, 0.3) is 16.8 Å². The number of ether oxygens (including phenoxy) is 1. The van der Waals surface area contributed by atoms with Crippen molar-refractivity contribution in [3.63, 3.8) is 0 Å². The molecular formula is C17H15N3O5S. The molecule has 2 aromatic rings. The van der Waals surface area contributed by atoms with Crippen LogP contribution in [0.2, 0.25) is 0 Å². The number of hydrogen-bond donors (Lipinski definition) is 1. The summed E-state index contributed by atoms with van der Waals surface area (Å²) in [4.78, 5) is 33.9. The number of amides is 2. The van der Waals surface area contributed by atoms with E-state index in [2.05, 4.69) is 5.32 Å². The Kier molecular flexibility index (Phi) is 4.56. The van der Waals surface area contributed by atoms with Gasteiger partial charge in [0.2, 0.25) is 0 Å². The highest BCUT2D eigenvalue weighted by atomic mass is 32.2. The van der Waals surface area contributed by atoms with E-state index in [1.54, 1.807) is 12.1 Å². The van der Waals surface area contributed by atoms with Crippen LogP contribution in [0.25, 0.3) is 11.8 Å². The number of carbonyl (C=O) groups is 2. The standard InChI is InChI=1S/C17H15N3O5S/c1-9-6-11(7-15-16(21)18-17(22)26-15)10(2)19(9)13-5-4-12(20(23)24)8-14(13)25-3/h4-8H,1-3H3,(H,18,21,22)/b15-7-. The Labute approximate surface area is 153 Å². The Morgan fingerprint density at radius 1 is 1.27 bits per heavy atom. The number of rotatable bonds is 4. The second-order valence-electron chi connectivity index (χ2n) is 5.63. The molecule has 1 aliphatic rings. The van der Waals surface area contributed by atoms with Crippen molar-refractivity contribution in [2.24, 2.45) is 0 Å². The summed E-state index contributed by atoms with van der Waals surface area (Å²) in [6.07, 6.45) is 1.65. The minimum atomic E-state index is -0.482. The molecule has 2 heterocycles. The topological polar surface area (TPSA) is 103 Å². The molecule has 0 radical (unpaired) electrons. The van der Waals surface area contributed by atoms with E-state index < -0.39 is 16.1 Å². The van der Waals surface area contributed by atoms with Crippen molar-refractivity contribution in [2.45, 2.75) is 13.8 Å². The van der Waals surface area contributed by atoms with Gasteiger partial charge in [-0.25, -0.2) is 0 Å². The molecule has 1 N–H and O–H groups in total. The van der Waals surface area contributed by atoms with Gasteiger partial charge >= 0.3 is 0 Å². The van der Waals surface area contributed by atoms with Crippen molar-refractivity contribution in [1.29, 1.82) is 0 Å². The van der Waals surface area contributed by atoms with Crippen LogP contribution in [-0.4, -0.2) is 27.7 Å². The molecule has 8 nitrogen and oxygen atoms in total. The normalized spacial score (nSPS) is 15.4.